The van der Waals surface area contributed by atoms with Gasteiger partial charge < -0.3 is 16.4 Å². The first-order valence-corrected chi connectivity index (χ1v) is 8.19. The molecule has 4 N–H and O–H groups in total. The second kappa shape index (κ2) is 5.60. The first kappa shape index (κ1) is 14.8. The third-order valence-corrected chi connectivity index (χ3v) is 4.96. The average Bonchev–Trinajstić information content (AvgIpc) is 3.12. The van der Waals surface area contributed by atoms with Gasteiger partial charge in [-0.1, -0.05) is 12.8 Å². The van der Waals surface area contributed by atoms with Crippen LogP contribution in [-0.4, -0.2) is 26.9 Å². The molecular formula is C14H19N5O2S. The molecule has 1 fully saturated rings. The van der Waals surface area contributed by atoms with Crippen LogP contribution in [0.2, 0.25) is 0 Å². The molecule has 1 saturated carbocycles. The van der Waals surface area contributed by atoms with E-state index < -0.39 is 11.4 Å². The van der Waals surface area contributed by atoms with Gasteiger partial charge in [-0.15, -0.1) is 11.3 Å². The quantitative estimate of drug-likeness (QED) is 0.796. The maximum absolute atomic E-state index is 12.2. The summed E-state index contributed by atoms with van der Waals surface area (Å²) >= 11 is 1.54. The molecule has 8 heteroatoms. The van der Waals surface area contributed by atoms with E-state index in [0.717, 1.165) is 23.5 Å². The predicted octanol–water partition coefficient (Wildman–Crippen LogP) is 1.55. The zero-order valence-corrected chi connectivity index (χ0v) is 13.2. The lowest BCUT2D eigenvalue weighted by Gasteiger charge is -2.27. The number of nitrogens with two attached hydrogens (primary N) is 1. The molecule has 2 aromatic heterocycles. The molecule has 3 amide bonds. The van der Waals surface area contributed by atoms with Crippen LogP contribution in [0.25, 0.3) is 4.96 Å². The molecule has 22 heavy (non-hydrogen) atoms. The molecular weight excluding hydrogens is 302 g/mol. The molecule has 2 aromatic rings. The maximum atomic E-state index is 12.2. The van der Waals surface area contributed by atoms with Gasteiger partial charge in [0.15, 0.2) is 4.96 Å². The number of primary amides is 1. The van der Waals surface area contributed by atoms with Crippen LogP contribution in [0.15, 0.2) is 17.8 Å². The van der Waals surface area contributed by atoms with Crippen LogP contribution in [0.1, 0.15) is 44.3 Å². The first-order valence-electron chi connectivity index (χ1n) is 7.31. The van der Waals surface area contributed by atoms with Gasteiger partial charge >= 0.3 is 6.03 Å². The maximum Gasteiger partial charge on any atom is 0.316 e. The molecule has 0 radical (unpaired) electrons. The Hall–Kier alpha value is -2.09. The van der Waals surface area contributed by atoms with Crippen molar-refractivity contribution in [3.63, 3.8) is 0 Å². The lowest BCUT2D eigenvalue weighted by Crippen LogP contribution is -2.58. The van der Waals surface area contributed by atoms with E-state index in [1.807, 2.05) is 29.1 Å². The van der Waals surface area contributed by atoms with Gasteiger partial charge in [0.2, 0.25) is 5.91 Å². The molecule has 1 unspecified atom stereocenters. The van der Waals surface area contributed by atoms with E-state index in [9.17, 15) is 9.59 Å². The monoisotopic (exact) mass is 321 g/mol. The average molecular weight is 321 g/mol. The van der Waals surface area contributed by atoms with Gasteiger partial charge in [-0.2, -0.15) is 0 Å². The van der Waals surface area contributed by atoms with Crippen molar-refractivity contribution in [3.8, 4) is 0 Å². The number of hydrogen-bond donors (Lipinski definition) is 3. The van der Waals surface area contributed by atoms with Gasteiger partial charge in [0.25, 0.3) is 0 Å². The largest absolute Gasteiger partial charge is 0.368 e. The van der Waals surface area contributed by atoms with Crippen molar-refractivity contribution in [2.75, 3.05) is 0 Å². The smallest absolute Gasteiger partial charge is 0.316 e. The van der Waals surface area contributed by atoms with Crippen LogP contribution in [0, 0.1) is 0 Å². The normalized spacial score (nSPS) is 18.2. The van der Waals surface area contributed by atoms with Crippen LogP contribution in [0.3, 0.4) is 0 Å². The van der Waals surface area contributed by atoms with E-state index in [-0.39, 0.29) is 12.1 Å². The summed E-state index contributed by atoms with van der Waals surface area (Å²) in [4.78, 5) is 29.2. The van der Waals surface area contributed by atoms with Gasteiger partial charge in [0.05, 0.1) is 11.7 Å². The van der Waals surface area contributed by atoms with E-state index in [4.69, 9.17) is 5.73 Å². The Morgan fingerprint density at radius 2 is 2.18 bits per heavy atom. The number of nitrogens with zero attached hydrogens (tertiary/aromatic N) is 2. The van der Waals surface area contributed by atoms with E-state index in [0.29, 0.717) is 12.8 Å². The summed E-state index contributed by atoms with van der Waals surface area (Å²) in [5, 5.41) is 7.54. The first-order chi connectivity index (χ1) is 10.5. The fraction of sp³-hybridized carbons (Fsp3) is 0.500. The van der Waals surface area contributed by atoms with Crippen LogP contribution >= 0.6 is 11.3 Å². The summed E-state index contributed by atoms with van der Waals surface area (Å²) in [5.74, 6) is -0.463. The van der Waals surface area contributed by atoms with E-state index in [1.54, 1.807) is 0 Å². The predicted molar refractivity (Wildman–Crippen MR) is 83.5 cm³/mol. The number of carbonyl (C=O) groups excluding carboxylic acids is 2. The zero-order chi connectivity index (χ0) is 15.7. The molecule has 2 heterocycles. The van der Waals surface area contributed by atoms with Gasteiger partial charge in [-0.25, -0.2) is 9.78 Å². The van der Waals surface area contributed by atoms with E-state index in [2.05, 4.69) is 15.6 Å². The number of thiazole rings is 1. The standard InChI is InChI=1S/C14H19N5O2S/c1-9(10-8-19-6-7-22-13(19)17-10)16-12(21)18-14(11(15)20)4-2-3-5-14/h6-9H,2-5H2,1H3,(H2,15,20)(H2,16,18,21). The molecule has 0 aliphatic heterocycles. The van der Waals surface area contributed by atoms with Crippen LogP contribution < -0.4 is 16.4 Å². The number of imidazole rings is 1. The highest BCUT2D eigenvalue weighted by Gasteiger charge is 2.41. The number of nitrogens with one attached hydrogen (secondary N) is 2. The number of aromatic nitrogens is 2. The summed E-state index contributed by atoms with van der Waals surface area (Å²) in [5.41, 5.74) is 5.34. The Morgan fingerprint density at radius 3 is 2.82 bits per heavy atom. The summed E-state index contributed by atoms with van der Waals surface area (Å²) in [6.07, 6.45) is 6.81. The Morgan fingerprint density at radius 1 is 1.45 bits per heavy atom. The SMILES string of the molecule is CC(NC(=O)NC1(C(N)=O)CCCC1)c1cn2ccsc2n1. The highest BCUT2D eigenvalue weighted by atomic mass is 32.1. The number of hydrogen-bond acceptors (Lipinski definition) is 4. The molecule has 3 rings (SSSR count). The van der Waals surface area contributed by atoms with E-state index in [1.165, 1.54) is 11.3 Å². The fourth-order valence-electron chi connectivity index (χ4n) is 2.89. The third kappa shape index (κ3) is 2.66. The second-order valence-corrected chi connectivity index (χ2v) is 6.61. The molecule has 118 valence electrons. The summed E-state index contributed by atoms with van der Waals surface area (Å²) in [6, 6.07) is -0.636. The number of fused-ring (bicyclic) bond motifs is 1. The summed E-state index contributed by atoms with van der Waals surface area (Å²) in [6.45, 7) is 1.86. The molecule has 0 saturated heterocycles. The molecule has 0 aromatic carbocycles. The lowest BCUT2D eigenvalue weighted by molar-refractivity contribution is -0.123. The van der Waals surface area contributed by atoms with Gasteiger partial charge in [-0.05, 0) is 19.8 Å². The molecule has 0 spiro atoms. The van der Waals surface area contributed by atoms with Crippen LogP contribution in [-0.2, 0) is 4.79 Å². The number of amides is 3. The highest BCUT2D eigenvalue weighted by Crippen LogP contribution is 2.29. The highest BCUT2D eigenvalue weighted by molar-refractivity contribution is 7.15. The van der Waals surface area contributed by atoms with Gasteiger partial charge in [0.1, 0.15) is 5.54 Å². The number of urea groups is 1. The van der Waals surface area contributed by atoms with Gasteiger partial charge in [-0.3, -0.25) is 9.20 Å². The van der Waals surface area contributed by atoms with Crippen molar-refractivity contribution in [2.45, 2.75) is 44.2 Å². The summed E-state index contributed by atoms with van der Waals surface area (Å²) in [7, 11) is 0. The lowest BCUT2D eigenvalue weighted by atomic mass is 9.97. The fourth-order valence-corrected chi connectivity index (χ4v) is 3.60. The van der Waals surface area contributed by atoms with Crippen molar-refractivity contribution in [2.24, 2.45) is 5.73 Å². The number of carbonyl (C=O) groups is 2. The molecule has 0 bridgehead atoms. The van der Waals surface area contributed by atoms with Crippen molar-refractivity contribution in [3.05, 3.63) is 23.5 Å². The minimum absolute atomic E-state index is 0.251. The van der Waals surface area contributed by atoms with Crippen LogP contribution in [0.4, 0.5) is 4.79 Å². The second-order valence-electron chi connectivity index (χ2n) is 5.73. The molecule has 1 aliphatic carbocycles. The topological polar surface area (TPSA) is 102 Å². The Bertz CT molecular complexity index is 672. The zero-order valence-electron chi connectivity index (χ0n) is 12.3. The van der Waals surface area contributed by atoms with Crippen molar-refractivity contribution in [1.29, 1.82) is 0 Å². The Kier molecular flexibility index (Phi) is 3.78. The van der Waals surface area contributed by atoms with Crippen molar-refractivity contribution < 1.29 is 9.59 Å². The Balaban J connectivity index is 1.65. The van der Waals surface area contributed by atoms with Crippen molar-refractivity contribution >= 4 is 28.2 Å². The van der Waals surface area contributed by atoms with Crippen LogP contribution in [0.5, 0.6) is 0 Å². The van der Waals surface area contributed by atoms with Gasteiger partial charge in [0, 0.05) is 17.8 Å². The Labute approximate surface area is 131 Å². The number of rotatable bonds is 4. The molecule has 1 aliphatic rings. The molecule has 7 nitrogen and oxygen atoms in total. The van der Waals surface area contributed by atoms with E-state index >= 15 is 0 Å². The summed E-state index contributed by atoms with van der Waals surface area (Å²) < 4.78 is 1.91. The third-order valence-electron chi connectivity index (χ3n) is 4.18. The van der Waals surface area contributed by atoms with Crippen molar-refractivity contribution in [1.82, 2.24) is 20.0 Å². The minimum atomic E-state index is -0.904. The molecule has 1 atom stereocenters. The minimum Gasteiger partial charge on any atom is -0.368 e.